The zero-order valence-corrected chi connectivity index (χ0v) is 13.7. The zero-order valence-electron chi connectivity index (χ0n) is 13.0. The molecule has 120 valence electrons. The van der Waals surface area contributed by atoms with E-state index >= 15 is 0 Å². The predicted octanol–water partition coefficient (Wildman–Crippen LogP) is 4.72. The number of urea groups is 1. The third kappa shape index (κ3) is 3.27. The Bertz CT molecular complexity index is 705. The number of benzene rings is 2. The molecule has 1 fully saturated rings. The Morgan fingerprint density at radius 2 is 1.96 bits per heavy atom. The quantitative estimate of drug-likeness (QED) is 0.884. The second-order valence-corrected chi connectivity index (χ2v) is 5.91. The van der Waals surface area contributed by atoms with Crippen molar-refractivity contribution in [1.82, 2.24) is 4.90 Å². The van der Waals surface area contributed by atoms with Crippen molar-refractivity contribution in [3.63, 3.8) is 0 Å². The number of likely N-dealkylation sites (tertiary alicyclic amines) is 1. The molecule has 1 saturated heterocycles. The second kappa shape index (κ2) is 6.92. The van der Waals surface area contributed by atoms with E-state index < -0.39 is 0 Å². The molecule has 5 heteroatoms. The van der Waals surface area contributed by atoms with Crippen LogP contribution in [0.2, 0.25) is 5.02 Å². The number of nitrogens with one attached hydrogen (secondary N) is 1. The first kappa shape index (κ1) is 15.7. The summed E-state index contributed by atoms with van der Waals surface area (Å²) in [5, 5.41) is 3.64. The van der Waals surface area contributed by atoms with Crippen LogP contribution in [0.4, 0.5) is 10.5 Å². The first-order valence-corrected chi connectivity index (χ1v) is 8.03. The Morgan fingerprint density at radius 3 is 2.74 bits per heavy atom. The van der Waals surface area contributed by atoms with Gasteiger partial charge in [0.15, 0.2) is 0 Å². The largest absolute Gasteiger partial charge is 0.495 e. The van der Waals surface area contributed by atoms with Gasteiger partial charge in [-0.05, 0) is 36.6 Å². The van der Waals surface area contributed by atoms with Gasteiger partial charge in [0.1, 0.15) is 5.75 Å². The minimum Gasteiger partial charge on any atom is -0.495 e. The van der Waals surface area contributed by atoms with Crippen molar-refractivity contribution in [3.8, 4) is 5.75 Å². The highest BCUT2D eigenvalue weighted by Crippen LogP contribution is 2.36. The maximum absolute atomic E-state index is 12.7. The number of hydrogen-bond donors (Lipinski definition) is 1. The molecule has 0 aliphatic carbocycles. The van der Waals surface area contributed by atoms with Crippen molar-refractivity contribution < 1.29 is 9.53 Å². The number of ether oxygens (including phenoxy) is 1. The number of amides is 2. The molecule has 2 aromatic carbocycles. The van der Waals surface area contributed by atoms with E-state index in [-0.39, 0.29) is 12.1 Å². The predicted molar refractivity (Wildman–Crippen MR) is 92.1 cm³/mol. The van der Waals surface area contributed by atoms with Gasteiger partial charge in [0, 0.05) is 11.6 Å². The van der Waals surface area contributed by atoms with Crippen molar-refractivity contribution in [3.05, 3.63) is 59.1 Å². The molecule has 0 radical (unpaired) electrons. The molecule has 0 spiro atoms. The van der Waals surface area contributed by atoms with Gasteiger partial charge in [-0.25, -0.2) is 4.79 Å². The molecule has 4 nitrogen and oxygen atoms in total. The number of carbonyl (C=O) groups is 1. The van der Waals surface area contributed by atoms with Gasteiger partial charge in [0.25, 0.3) is 0 Å². The maximum Gasteiger partial charge on any atom is 0.322 e. The molecular formula is C18H19ClN2O2. The Kier molecular flexibility index (Phi) is 4.72. The Morgan fingerprint density at radius 1 is 1.22 bits per heavy atom. The molecule has 3 rings (SSSR count). The summed E-state index contributed by atoms with van der Waals surface area (Å²) in [7, 11) is 1.59. The lowest BCUT2D eigenvalue weighted by Gasteiger charge is -2.26. The molecular weight excluding hydrogens is 312 g/mol. The summed E-state index contributed by atoms with van der Waals surface area (Å²) < 4.78 is 5.29. The average molecular weight is 331 g/mol. The zero-order chi connectivity index (χ0) is 16.2. The molecule has 0 aromatic heterocycles. The lowest BCUT2D eigenvalue weighted by atomic mass is 10.0. The molecule has 23 heavy (non-hydrogen) atoms. The lowest BCUT2D eigenvalue weighted by Crippen LogP contribution is -2.34. The van der Waals surface area contributed by atoms with E-state index in [2.05, 4.69) is 5.32 Å². The third-order valence-electron chi connectivity index (χ3n) is 4.13. The van der Waals surface area contributed by atoms with Gasteiger partial charge in [-0.1, -0.05) is 41.9 Å². The fraction of sp³-hybridized carbons (Fsp3) is 0.278. The van der Waals surface area contributed by atoms with Crippen molar-refractivity contribution in [1.29, 1.82) is 0 Å². The van der Waals surface area contributed by atoms with Crippen LogP contribution in [0.1, 0.15) is 24.4 Å². The van der Waals surface area contributed by atoms with E-state index in [0.29, 0.717) is 16.5 Å². The van der Waals surface area contributed by atoms with Crippen molar-refractivity contribution in [2.45, 2.75) is 18.9 Å². The van der Waals surface area contributed by atoms with Crippen LogP contribution in [-0.4, -0.2) is 24.6 Å². The van der Waals surface area contributed by atoms with E-state index in [9.17, 15) is 4.79 Å². The molecule has 1 aliphatic heterocycles. The van der Waals surface area contributed by atoms with E-state index in [0.717, 1.165) is 24.9 Å². The van der Waals surface area contributed by atoms with E-state index in [1.54, 1.807) is 7.11 Å². The topological polar surface area (TPSA) is 41.6 Å². The number of methoxy groups -OCH3 is 1. The molecule has 2 aromatic rings. The summed E-state index contributed by atoms with van der Waals surface area (Å²) in [6.45, 7) is 0.719. The summed E-state index contributed by atoms with van der Waals surface area (Å²) in [6, 6.07) is 15.0. The fourth-order valence-electron chi connectivity index (χ4n) is 3.01. The van der Waals surface area contributed by atoms with Crippen LogP contribution in [0.5, 0.6) is 5.75 Å². The number of nitrogens with zero attached hydrogens (tertiary/aromatic N) is 1. The molecule has 1 heterocycles. The van der Waals surface area contributed by atoms with Crippen molar-refractivity contribution in [2.75, 3.05) is 19.0 Å². The average Bonchev–Trinajstić information content (AvgIpc) is 3.05. The maximum atomic E-state index is 12.7. The number of hydrogen-bond acceptors (Lipinski definition) is 2. The Hall–Kier alpha value is -2.20. The summed E-state index contributed by atoms with van der Waals surface area (Å²) in [5.41, 5.74) is 1.67. The standard InChI is InChI=1S/C18H19ClN2O2/c1-23-17-11-5-4-9-15(17)20-18(22)21-12-6-10-16(21)13-7-2-3-8-14(13)19/h2-5,7-9,11,16H,6,10,12H2,1H3,(H,20,22)/t16-/m1/s1. The van der Waals surface area contributed by atoms with E-state index in [4.69, 9.17) is 16.3 Å². The van der Waals surface area contributed by atoms with Crippen LogP contribution >= 0.6 is 11.6 Å². The molecule has 0 bridgehead atoms. The van der Waals surface area contributed by atoms with E-state index in [1.807, 2.05) is 53.4 Å². The fourth-order valence-corrected chi connectivity index (χ4v) is 3.28. The van der Waals surface area contributed by atoms with Crippen LogP contribution in [0.25, 0.3) is 0 Å². The Labute approximate surface area is 141 Å². The van der Waals surface area contributed by atoms with Crippen LogP contribution in [0.15, 0.2) is 48.5 Å². The number of anilines is 1. The molecule has 0 unspecified atom stereocenters. The highest BCUT2D eigenvalue weighted by Gasteiger charge is 2.31. The summed E-state index contributed by atoms with van der Waals surface area (Å²) in [6.07, 6.45) is 1.89. The van der Waals surface area contributed by atoms with Crippen molar-refractivity contribution >= 4 is 23.3 Å². The minimum atomic E-state index is -0.128. The lowest BCUT2D eigenvalue weighted by molar-refractivity contribution is 0.207. The van der Waals surface area contributed by atoms with Gasteiger partial charge in [0.05, 0.1) is 18.8 Å². The molecule has 1 atom stereocenters. The first-order chi connectivity index (χ1) is 11.2. The molecule has 0 saturated carbocycles. The monoisotopic (exact) mass is 330 g/mol. The third-order valence-corrected chi connectivity index (χ3v) is 4.47. The number of carbonyl (C=O) groups excluding carboxylic acids is 1. The summed E-state index contributed by atoms with van der Waals surface area (Å²) in [4.78, 5) is 14.5. The van der Waals surface area contributed by atoms with Crippen LogP contribution in [0, 0.1) is 0 Å². The number of halogens is 1. The summed E-state index contributed by atoms with van der Waals surface area (Å²) >= 11 is 6.30. The molecule has 2 amide bonds. The SMILES string of the molecule is COc1ccccc1NC(=O)N1CCC[C@@H]1c1ccccc1Cl. The second-order valence-electron chi connectivity index (χ2n) is 5.50. The highest BCUT2D eigenvalue weighted by molar-refractivity contribution is 6.31. The molecule has 1 aliphatic rings. The van der Waals surface area contributed by atoms with Crippen LogP contribution in [-0.2, 0) is 0 Å². The summed E-state index contributed by atoms with van der Waals surface area (Å²) in [5.74, 6) is 0.648. The van der Waals surface area contributed by atoms with Gasteiger partial charge in [-0.15, -0.1) is 0 Å². The smallest absolute Gasteiger partial charge is 0.322 e. The van der Waals surface area contributed by atoms with Crippen LogP contribution in [0.3, 0.4) is 0 Å². The molecule has 1 N–H and O–H groups in total. The Balaban J connectivity index is 1.80. The van der Waals surface area contributed by atoms with Crippen LogP contribution < -0.4 is 10.1 Å². The van der Waals surface area contributed by atoms with Gasteiger partial charge >= 0.3 is 6.03 Å². The number of rotatable bonds is 3. The van der Waals surface area contributed by atoms with Crippen molar-refractivity contribution in [2.24, 2.45) is 0 Å². The van der Waals surface area contributed by atoms with Gasteiger partial charge in [-0.3, -0.25) is 0 Å². The normalized spacial score (nSPS) is 17.1. The van der Waals surface area contributed by atoms with Gasteiger partial charge in [0.2, 0.25) is 0 Å². The van der Waals surface area contributed by atoms with E-state index in [1.165, 1.54) is 0 Å². The van der Waals surface area contributed by atoms with Gasteiger partial charge in [-0.2, -0.15) is 0 Å². The first-order valence-electron chi connectivity index (χ1n) is 7.66. The minimum absolute atomic E-state index is 0.0124. The number of para-hydroxylation sites is 2. The highest BCUT2D eigenvalue weighted by atomic mass is 35.5. The van der Waals surface area contributed by atoms with Gasteiger partial charge < -0.3 is 15.0 Å².